The van der Waals surface area contributed by atoms with Crippen molar-refractivity contribution >= 4 is 13.7 Å². The molecular weight excluding hydrogens is 828 g/mol. The highest BCUT2D eigenvalue weighted by atomic mass is 31.2. The van der Waals surface area contributed by atoms with Gasteiger partial charge >= 0.3 is 7.82 Å². The number of likely N-dealkylation sites (N-methyl/N-ethyl adjacent to an activating group) is 1. The SMILES string of the molecule is CC/C=C\C/C=C\C/C=C\C/C=C\CCCCCCCCCCCCCCCCCCCCCCC(=O)NC(COP(=O)(O)OCC[N+](C)(C)C)C(O)/C=C/CC/C=C/CCCCCC. The maximum absolute atomic E-state index is 12.9. The van der Waals surface area contributed by atoms with Crippen LogP contribution in [0.5, 0.6) is 0 Å². The number of phosphoric acid groups is 1. The van der Waals surface area contributed by atoms with E-state index in [1.165, 1.54) is 141 Å². The molecule has 0 saturated heterocycles. The van der Waals surface area contributed by atoms with E-state index < -0.39 is 20.0 Å². The maximum Gasteiger partial charge on any atom is 0.472 e. The summed E-state index contributed by atoms with van der Waals surface area (Å²) in [4.78, 5) is 23.1. The van der Waals surface area contributed by atoms with Crippen molar-refractivity contribution in [3.05, 3.63) is 72.9 Å². The number of carbonyl (C=O) groups excluding carboxylic acids is 1. The normalized spacial score (nSPS) is 14.6. The van der Waals surface area contributed by atoms with Crippen LogP contribution in [0.1, 0.15) is 226 Å². The molecule has 0 aromatic heterocycles. The van der Waals surface area contributed by atoms with Crippen molar-refractivity contribution in [2.75, 3.05) is 40.9 Å². The van der Waals surface area contributed by atoms with E-state index in [9.17, 15) is 19.4 Å². The molecule has 0 aliphatic heterocycles. The van der Waals surface area contributed by atoms with E-state index in [0.29, 0.717) is 17.4 Å². The molecule has 0 bridgehead atoms. The summed E-state index contributed by atoms with van der Waals surface area (Å²) in [6.07, 6.45) is 64.5. The molecule has 0 rings (SSSR count). The third-order valence-corrected chi connectivity index (χ3v) is 12.6. The number of aliphatic hydroxyl groups excluding tert-OH is 1. The second-order valence-corrected chi connectivity index (χ2v) is 20.7. The molecular formula is C56H104N2O6P+. The first kappa shape index (κ1) is 62.9. The summed E-state index contributed by atoms with van der Waals surface area (Å²) >= 11 is 0. The molecule has 8 nitrogen and oxygen atoms in total. The minimum atomic E-state index is -4.35. The van der Waals surface area contributed by atoms with Gasteiger partial charge in [-0.3, -0.25) is 13.8 Å². The largest absolute Gasteiger partial charge is 0.472 e. The van der Waals surface area contributed by atoms with Crippen LogP contribution < -0.4 is 5.32 Å². The molecule has 9 heteroatoms. The van der Waals surface area contributed by atoms with Crippen molar-refractivity contribution in [3.63, 3.8) is 0 Å². The third kappa shape index (κ3) is 49.7. The zero-order valence-electron chi connectivity index (χ0n) is 43.0. The molecule has 0 aromatic carbocycles. The quantitative estimate of drug-likeness (QED) is 0.0243. The Labute approximate surface area is 402 Å². The summed E-state index contributed by atoms with van der Waals surface area (Å²) in [7, 11) is 1.55. The van der Waals surface area contributed by atoms with Gasteiger partial charge in [0.1, 0.15) is 13.2 Å². The van der Waals surface area contributed by atoms with E-state index >= 15 is 0 Å². The summed E-state index contributed by atoms with van der Waals surface area (Å²) in [6, 6.07) is -0.862. The number of hydrogen-bond donors (Lipinski definition) is 3. The first-order valence-electron chi connectivity index (χ1n) is 26.8. The fourth-order valence-electron chi connectivity index (χ4n) is 7.46. The molecule has 0 heterocycles. The molecule has 0 aliphatic carbocycles. The standard InChI is InChI=1S/C56H103N2O6P/c1-6-8-10-12-14-16-18-19-20-21-22-23-24-25-26-27-28-29-30-31-32-33-34-35-36-37-38-39-40-42-44-46-48-50-56(60)57-54(53-64-65(61,62)63-52-51-58(3,4)5)55(59)49-47-45-43-41-17-15-13-11-9-7-2/h8,10,14,16-17,19-20,22-23,41,47,49,54-55,59H,6-7,9,11-13,15,18,21,24-40,42-46,48,50-53H2,1-5H3,(H-,57,60,61,62)/p+1/b10-8-,16-14-,20-19-,23-22-,41-17+,49-47+. The Morgan fingerprint density at radius 3 is 1.42 bits per heavy atom. The van der Waals surface area contributed by atoms with Gasteiger partial charge in [-0.1, -0.05) is 222 Å². The van der Waals surface area contributed by atoms with E-state index in [0.717, 1.165) is 64.2 Å². The lowest BCUT2D eigenvalue weighted by molar-refractivity contribution is -0.870. The van der Waals surface area contributed by atoms with Crippen LogP contribution in [0.15, 0.2) is 72.9 Å². The molecule has 3 unspecified atom stereocenters. The van der Waals surface area contributed by atoms with Crippen LogP contribution in [0, 0.1) is 0 Å². The van der Waals surface area contributed by atoms with E-state index in [-0.39, 0.29) is 19.1 Å². The molecule has 378 valence electrons. The van der Waals surface area contributed by atoms with Crippen molar-refractivity contribution in [2.24, 2.45) is 0 Å². The van der Waals surface area contributed by atoms with Crippen molar-refractivity contribution in [1.82, 2.24) is 5.32 Å². The number of amides is 1. The average molecular weight is 932 g/mol. The van der Waals surface area contributed by atoms with Crippen LogP contribution in [-0.4, -0.2) is 73.4 Å². The summed E-state index contributed by atoms with van der Waals surface area (Å²) in [5.41, 5.74) is 0. The summed E-state index contributed by atoms with van der Waals surface area (Å²) < 4.78 is 23.5. The molecule has 3 atom stereocenters. The highest BCUT2D eigenvalue weighted by Gasteiger charge is 2.27. The van der Waals surface area contributed by atoms with E-state index in [1.807, 2.05) is 27.2 Å². The zero-order chi connectivity index (χ0) is 47.8. The Hall–Kier alpha value is -2.06. The fraction of sp³-hybridized carbons (Fsp3) is 0.768. The van der Waals surface area contributed by atoms with Crippen molar-refractivity contribution in [1.29, 1.82) is 0 Å². The number of nitrogens with one attached hydrogen (secondary N) is 1. The minimum absolute atomic E-state index is 0.0550. The maximum atomic E-state index is 12.9. The number of hydrogen-bond acceptors (Lipinski definition) is 5. The number of quaternary nitrogens is 1. The second-order valence-electron chi connectivity index (χ2n) is 19.2. The Morgan fingerprint density at radius 1 is 0.538 bits per heavy atom. The van der Waals surface area contributed by atoms with E-state index in [4.69, 9.17) is 9.05 Å². The molecule has 0 aromatic rings. The molecule has 65 heavy (non-hydrogen) atoms. The topological polar surface area (TPSA) is 105 Å². The molecule has 1 amide bonds. The second kappa shape index (κ2) is 47.0. The highest BCUT2D eigenvalue weighted by Crippen LogP contribution is 2.43. The van der Waals surface area contributed by atoms with Gasteiger partial charge in [0.15, 0.2) is 0 Å². The third-order valence-electron chi connectivity index (χ3n) is 11.7. The number of aliphatic hydroxyl groups is 1. The van der Waals surface area contributed by atoms with Crippen molar-refractivity contribution < 1.29 is 32.9 Å². The first-order chi connectivity index (χ1) is 31.5. The predicted molar refractivity (Wildman–Crippen MR) is 281 cm³/mol. The van der Waals surface area contributed by atoms with E-state index in [2.05, 4.69) is 79.9 Å². The highest BCUT2D eigenvalue weighted by molar-refractivity contribution is 7.47. The van der Waals surface area contributed by atoms with Gasteiger partial charge in [-0.25, -0.2) is 4.57 Å². The lowest BCUT2D eigenvalue weighted by Crippen LogP contribution is -2.45. The van der Waals surface area contributed by atoms with Crippen LogP contribution >= 0.6 is 7.82 Å². The van der Waals surface area contributed by atoms with Crippen LogP contribution in [0.25, 0.3) is 0 Å². The van der Waals surface area contributed by atoms with Crippen molar-refractivity contribution in [2.45, 2.75) is 238 Å². The average Bonchev–Trinajstić information content (AvgIpc) is 3.26. The van der Waals surface area contributed by atoms with Crippen LogP contribution in [-0.2, 0) is 18.4 Å². The Kier molecular flexibility index (Phi) is 45.5. The number of unbranched alkanes of at least 4 members (excludes halogenated alkanes) is 25. The Bertz CT molecular complexity index is 1290. The van der Waals surface area contributed by atoms with Gasteiger partial charge in [-0.05, 0) is 70.6 Å². The number of phosphoric ester groups is 1. The van der Waals surface area contributed by atoms with Crippen LogP contribution in [0.4, 0.5) is 0 Å². The summed E-state index contributed by atoms with van der Waals surface area (Å²) in [5, 5.41) is 13.8. The van der Waals surface area contributed by atoms with Crippen molar-refractivity contribution in [3.8, 4) is 0 Å². The van der Waals surface area contributed by atoms with Crippen LogP contribution in [0.3, 0.4) is 0 Å². The molecule has 0 radical (unpaired) electrons. The van der Waals surface area contributed by atoms with Gasteiger partial charge < -0.3 is 19.8 Å². The lowest BCUT2D eigenvalue weighted by Gasteiger charge is -2.25. The van der Waals surface area contributed by atoms with Gasteiger partial charge in [-0.15, -0.1) is 0 Å². The van der Waals surface area contributed by atoms with Gasteiger partial charge in [0.2, 0.25) is 5.91 Å². The Morgan fingerprint density at radius 2 is 0.938 bits per heavy atom. The predicted octanol–water partition coefficient (Wildman–Crippen LogP) is 15.9. The van der Waals surface area contributed by atoms with Gasteiger partial charge in [0, 0.05) is 6.42 Å². The zero-order valence-corrected chi connectivity index (χ0v) is 43.9. The molecule has 0 saturated carbocycles. The monoisotopic (exact) mass is 932 g/mol. The van der Waals surface area contributed by atoms with Gasteiger partial charge in [0.05, 0.1) is 39.9 Å². The lowest BCUT2D eigenvalue weighted by atomic mass is 10.0. The van der Waals surface area contributed by atoms with E-state index in [1.54, 1.807) is 6.08 Å². The number of allylic oxidation sites excluding steroid dienone is 11. The minimum Gasteiger partial charge on any atom is -0.387 e. The van der Waals surface area contributed by atoms with Gasteiger partial charge in [-0.2, -0.15) is 0 Å². The molecule has 0 spiro atoms. The molecule has 0 aliphatic rings. The Balaban J connectivity index is 3.98. The number of carbonyl (C=O) groups is 1. The number of rotatable bonds is 48. The first-order valence-corrected chi connectivity index (χ1v) is 28.3. The molecule has 3 N–H and O–H groups in total. The van der Waals surface area contributed by atoms with Crippen LogP contribution in [0.2, 0.25) is 0 Å². The molecule has 0 fully saturated rings. The number of nitrogens with zero attached hydrogens (tertiary/aromatic N) is 1. The smallest absolute Gasteiger partial charge is 0.387 e. The summed E-state index contributed by atoms with van der Waals surface area (Å²) in [6.45, 7) is 4.64. The fourth-order valence-corrected chi connectivity index (χ4v) is 8.20. The van der Waals surface area contributed by atoms with Gasteiger partial charge in [0.25, 0.3) is 0 Å². The summed E-state index contributed by atoms with van der Waals surface area (Å²) in [5.74, 6) is -0.189.